The van der Waals surface area contributed by atoms with Crippen molar-refractivity contribution in [1.82, 2.24) is 15.2 Å². The number of aromatic nitrogens is 1. The van der Waals surface area contributed by atoms with Crippen molar-refractivity contribution < 1.29 is 19.1 Å². The fourth-order valence-corrected chi connectivity index (χ4v) is 3.69. The zero-order chi connectivity index (χ0) is 20.1. The second kappa shape index (κ2) is 8.73. The van der Waals surface area contributed by atoms with E-state index in [1.54, 1.807) is 44.6 Å². The molecule has 1 aliphatic rings. The van der Waals surface area contributed by atoms with Gasteiger partial charge in [0, 0.05) is 38.0 Å². The van der Waals surface area contributed by atoms with Crippen LogP contribution in [0.15, 0.2) is 42.7 Å². The van der Waals surface area contributed by atoms with Crippen molar-refractivity contribution in [3.8, 4) is 11.5 Å². The lowest BCUT2D eigenvalue weighted by Gasteiger charge is -2.27. The smallest absolute Gasteiger partial charge is 0.226 e. The molecule has 1 N–H and O–H groups in total. The van der Waals surface area contributed by atoms with Gasteiger partial charge in [-0.15, -0.1) is 0 Å². The maximum Gasteiger partial charge on any atom is 0.226 e. The molecule has 1 aromatic heterocycles. The van der Waals surface area contributed by atoms with E-state index in [2.05, 4.69) is 10.3 Å². The Labute approximate surface area is 164 Å². The summed E-state index contributed by atoms with van der Waals surface area (Å²) in [7, 11) is 4.84. The lowest BCUT2D eigenvalue weighted by molar-refractivity contribution is -0.128. The zero-order valence-electron chi connectivity index (χ0n) is 16.3. The van der Waals surface area contributed by atoms with Gasteiger partial charge in [0.2, 0.25) is 11.8 Å². The van der Waals surface area contributed by atoms with Crippen LogP contribution in [-0.2, 0) is 16.0 Å². The van der Waals surface area contributed by atoms with Gasteiger partial charge in [-0.3, -0.25) is 14.6 Å². The Bertz CT molecular complexity index is 841. The van der Waals surface area contributed by atoms with E-state index in [9.17, 15) is 9.59 Å². The molecule has 28 heavy (non-hydrogen) atoms. The average molecular weight is 383 g/mol. The normalized spacial score (nSPS) is 18.8. The van der Waals surface area contributed by atoms with Crippen molar-refractivity contribution in [2.75, 3.05) is 27.8 Å². The van der Waals surface area contributed by atoms with Crippen LogP contribution in [0, 0.1) is 5.92 Å². The minimum Gasteiger partial charge on any atom is -0.493 e. The largest absolute Gasteiger partial charge is 0.493 e. The van der Waals surface area contributed by atoms with E-state index in [0.29, 0.717) is 24.5 Å². The summed E-state index contributed by atoms with van der Waals surface area (Å²) < 4.78 is 10.9. The Kier molecular flexibility index (Phi) is 6.13. The Morgan fingerprint density at radius 2 is 1.96 bits per heavy atom. The predicted molar refractivity (Wildman–Crippen MR) is 104 cm³/mol. The molecule has 1 saturated heterocycles. The molecule has 0 saturated carbocycles. The molecular weight excluding hydrogens is 358 g/mol. The van der Waals surface area contributed by atoms with Gasteiger partial charge >= 0.3 is 0 Å². The number of benzene rings is 1. The van der Waals surface area contributed by atoms with Gasteiger partial charge in [-0.1, -0.05) is 12.1 Å². The number of carbonyl (C=O) groups excluding carboxylic acids is 2. The molecule has 0 unspecified atom stereocenters. The third-order valence-electron chi connectivity index (χ3n) is 5.14. The van der Waals surface area contributed by atoms with Gasteiger partial charge in [0.05, 0.1) is 26.2 Å². The van der Waals surface area contributed by atoms with Crippen LogP contribution in [0.1, 0.15) is 23.6 Å². The number of likely N-dealkylation sites (tertiary alicyclic amines) is 1. The van der Waals surface area contributed by atoms with Gasteiger partial charge in [0.1, 0.15) is 0 Å². The standard InChI is InChI=1S/C21H25N3O4/c1-24-18(25)13-16(21(26)23-12-9-14-7-10-22-11-8-14)19(24)15-5-4-6-17(27-2)20(15)28-3/h4-8,10-11,16,19H,9,12-13H2,1-3H3,(H,23,26)/t16-,19-/m0/s1. The summed E-state index contributed by atoms with van der Waals surface area (Å²) in [6, 6.07) is 8.94. The van der Waals surface area contributed by atoms with Crippen LogP contribution >= 0.6 is 0 Å². The Balaban J connectivity index is 1.78. The number of amides is 2. The first kappa shape index (κ1) is 19.7. The van der Waals surface area contributed by atoms with Crippen molar-refractivity contribution in [1.29, 1.82) is 0 Å². The maximum absolute atomic E-state index is 12.9. The molecule has 0 radical (unpaired) electrons. The van der Waals surface area contributed by atoms with E-state index >= 15 is 0 Å². The van der Waals surface area contributed by atoms with Crippen LogP contribution in [0.5, 0.6) is 11.5 Å². The molecule has 1 aromatic carbocycles. The van der Waals surface area contributed by atoms with Crippen LogP contribution in [0.4, 0.5) is 0 Å². The molecular formula is C21H25N3O4. The highest BCUT2D eigenvalue weighted by Crippen LogP contribution is 2.44. The van der Waals surface area contributed by atoms with Gasteiger partial charge < -0.3 is 19.7 Å². The molecule has 2 atom stereocenters. The van der Waals surface area contributed by atoms with Crippen molar-refractivity contribution in [3.63, 3.8) is 0 Å². The maximum atomic E-state index is 12.9. The minimum absolute atomic E-state index is 0.0656. The molecule has 148 valence electrons. The van der Waals surface area contributed by atoms with Crippen LogP contribution in [-0.4, -0.2) is 49.5 Å². The van der Waals surface area contributed by atoms with Crippen LogP contribution < -0.4 is 14.8 Å². The van der Waals surface area contributed by atoms with Gasteiger partial charge in [-0.25, -0.2) is 0 Å². The lowest BCUT2D eigenvalue weighted by Crippen LogP contribution is -2.35. The van der Waals surface area contributed by atoms with Crippen molar-refractivity contribution in [2.45, 2.75) is 18.9 Å². The number of methoxy groups -OCH3 is 2. The molecule has 1 aliphatic heterocycles. The van der Waals surface area contributed by atoms with Crippen LogP contribution in [0.3, 0.4) is 0 Å². The van der Waals surface area contributed by atoms with E-state index in [4.69, 9.17) is 9.47 Å². The third-order valence-corrected chi connectivity index (χ3v) is 5.14. The molecule has 1 fully saturated rings. The summed E-state index contributed by atoms with van der Waals surface area (Å²) >= 11 is 0. The number of carbonyl (C=O) groups is 2. The summed E-state index contributed by atoms with van der Waals surface area (Å²) in [5, 5.41) is 2.97. The summed E-state index contributed by atoms with van der Waals surface area (Å²) in [6.45, 7) is 0.499. The Hall–Kier alpha value is -3.09. The first-order valence-electron chi connectivity index (χ1n) is 9.20. The first-order chi connectivity index (χ1) is 13.6. The fourth-order valence-electron chi connectivity index (χ4n) is 3.69. The average Bonchev–Trinajstić information content (AvgIpc) is 3.02. The van der Waals surface area contributed by atoms with Gasteiger partial charge in [0.25, 0.3) is 0 Å². The van der Waals surface area contributed by atoms with Crippen LogP contribution in [0.25, 0.3) is 0 Å². The highest BCUT2D eigenvalue weighted by atomic mass is 16.5. The third kappa shape index (κ3) is 3.93. The predicted octanol–water partition coefficient (Wildman–Crippen LogP) is 1.98. The molecule has 2 aromatic rings. The Morgan fingerprint density at radius 1 is 1.21 bits per heavy atom. The van der Waals surface area contributed by atoms with E-state index in [-0.39, 0.29) is 18.2 Å². The zero-order valence-corrected chi connectivity index (χ0v) is 16.3. The lowest BCUT2D eigenvalue weighted by atomic mass is 9.92. The number of rotatable bonds is 7. The molecule has 2 amide bonds. The number of nitrogens with zero attached hydrogens (tertiary/aromatic N) is 2. The molecule has 0 bridgehead atoms. The minimum atomic E-state index is -0.490. The number of hydrogen-bond donors (Lipinski definition) is 1. The van der Waals surface area contributed by atoms with E-state index in [1.807, 2.05) is 24.3 Å². The number of nitrogens with one attached hydrogen (secondary N) is 1. The van der Waals surface area contributed by atoms with Crippen molar-refractivity contribution in [2.24, 2.45) is 5.92 Å². The highest BCUT2D eigenvalue weighted by molar-refractivity contribution is 5.90. The van der Waals surface area contributed by atoms with E-state index < -0.39 is 12.0 Å². The Morgan fingerprint density at radius 3 is 2.64 bits per heavy atom. The SMILES string of the molecule is COc1cccc([C@H]2[C@@H](C(=O)NCCc3ccncc3)CC(=O)N2C)c1OC. The number of hydrogen-bond acceptors (Lipinski definition) is 5. The second-order valence-corrected chi connectivity index (χ2v) is 6.74. The molecule has 3 rings (SSSR count). The van der Waals surface area contributed by atoms with Gasteiger partial charge in [-0.05, 0) is 30.2 Å². The van der Waals surface area contributed by atoms with Gasteiger partial charge in [-0.2, -0.15) is 0 Å². The fraction of sp³-hybridized carbons (Fsp3) is 0.381. The molecule has 7 nitrogen and oxygen atoms in total. The highest BCUT2D eigenvalue weighted by Gasteiger charge is 2.44. The molecule has 7 heteroatoms. The van der Waals surface area contributed by atoms with Gasteiger partial charge in [0.15, 0.2) is 11.5 Å². The number of para-hydroxylation sites is 1. The van der Waals surface area contributed by atoms with E-state index in [0.717, 1.165) is 11.1 Å². The van der Waals surface area contributed by atoms with Crippen molar-refractivity contribution >= 4 is 11.8 Å². The molecule has 0 aliphatic carbocycles. The second-order valence-electron chi connectivity index (χ2n) is 6.74. The summed E-state index contributed by atoms with van der Waals surface area (Å²) in [6.07, 6.45) is 4.33. The summed E-state index contributed by atoms with van der Waals surface area (Å²) in [5.74, 6) is 0.428. The summed E-state index contributed by atoms with van der Waals surface area (Å²) in [4.78, 5) is 30.9. The quantitative estimate of drug-likeness (QED) is 0.791. The summed E-state index contributed by atoms with van der Waals surface area (Å²) in [5.41, 5.74) is 1.87. The van der Waals surface area contributed by atoms with Crippen LogP contribution in [0.2, 0.25) is 0 Å². The monoisotopic (exact) mass is 383 g/mol. The number of pyridine rings is 1. The first-order valence-corrected chi connectivity index (χ1v) is 9.20. The number of ether oxygens (including phenoxy) is 2. The van der Waals surface area contributed by atoms with E-state index in [1.165, 1.54) is 0 Å². The molecule has 0 spiro atoms. The topological polar surface area (TPSA) is 80.8 Å². The molecule has 2 heterocycles. The van der Waals surface area contributed by atoms with Crippen molar-refractivity contribution in [3.05, 3.63) is 53.9 Å².